The van der Waals surface area contributed by atoms with Crippen LogP contribution in [0.2, 0.25) is 0 Å². The first kappa shape index (κ1) is 17.9. The summed E-state index contributed by atoms with van der Waals surface area (Å²) in [6, 6.07) is 6.24. The van der Waals surface area contributed by atoms with Crippen LogP contribution in [0.25, 0.3) is 0 Å². The van der Waals surface area contributed by atoms with E-state index in [-0.39, 0.29) is 40.6 Å². The first-order valence-electron chi connectivity index (χ1n) is 6.82. The number of hydrogen-bond acceptors (Lipinski definition) is 4. The average Bonchev–Trinajstić information content (AvgIpc) is 3.29. The van der Waals surface area contributed by atoms with E-state index in [1.165, 1.54) is 6.07 Å². The maximum absolute atomic E-state index is 12.3. The van der Waals surface area contributed by atoms with E-state index in [1.807, 2.05) is 0 Å². The highest BCUT2D eigenvalue weighted by atomic mass is 35.5. The Kier molecular flexibility index (Phi) is 6.19. The molecule has 5 nitrogen and oxygen atoms in total. The largest absolute Gasteiger partial charge is 0.348 e. The van der Waals surface area contributed by atoms with Crippen molar-refractivity contribution < 1.29 is 13.2 Å². The number of sulfone groups is 1. The molecular formula is C14H21ClN2O3S. The second-order valence-corrected chi connectivity index (χ2v) is 7.30. The van der Waals surface area contributed by atoms with E-state index < -0.39 is 9.84 Å². The summed E-state index contributed by atoms with van der Waals surface area (Å²) in [6.07, 6.45) is 2.13. The maximum Gasteiger partial charge on any atom is 0.252 e. The number of carbonyl (C=O) groups is 1. The third-order valence-electron chi connectivity index (χ3n) is 3.61. The van der Waals surface area contributed by atoms with Gasteiger partial charge >= 0.3 is 0 Å². The second kappa shape index (κ2) is 7.24. The summed E-state index contributed by atoms with van der Waals surface area (Å²) < 4.78 is 24.0. The van der Waals surface area contributed by atoms with Crippen molar-refractivity contribution in [2.75, 3.05) is 12.3 Å². The van der Waals surface area contributed by atoms with Crippen LogP contribution in [-0.4, -0.2) is 32.7 Å². The molecule has 1 fully saturated rings. The van der Waals surface area contributed by atoms with Gasteiger partial charge < -0.3 is 11.1 Å². The Hall–Kier alpha value is -1.11. The summed E-state index contributed by atoms with van der Waals surface area (Å²) in [5, 5.41) is 2.85. The number of hydrogen-bond donors (Lipinski definition) is 2. The van der Waals surface area contributed by atoms with Crippen molar-refractivity contribution in [3.8, 4) is 0 Å². The smallest absolute Gasteiger partial charge is 0.252 e. The van der Waals surface area contributed by atoms with Crippen LogP contribution >= 0.6 is 12.4 Å². The fraction of sp³-hybridized carbons (Fsp3) is 0.500. The first-order chi connectivity index (χ1) is 9.49. The van der Waals surface area contributed by atoms with Gasteiger partial charge in [-0.25, -0.2) is 8.42 Å². The molecule has 0 saturated heterocycles. The van der Waals surface area contributed by atoms with Crippen LogP contribution < -0.4 is 11.1 Å². The molecule has 0 aliphatic heterocycles. The van der Waals surface area contributed by atoms with Gasteiger partial charge in [0.25, 0.3) is 5.91 Å². The molecule has 1 aliphatic rings. The van der Waals surface area contributed by atoms with Gasteiger partial charge in [-0.05, 0) is 30.9 Å². The van der Waals surface area contributed by atoms with Crippen molar-refractivity contribution in [3.63, 3.8) is 0 Å². The van der Waals surface area contributed by atoms with E-state index in [9.17, 15) is 13.2 Å². The molecule has 0 spiro atoms. The third-order valence-corrected chi connectivity index (χ3v) is 5.39. The molecule has 1 amide bonds. The highest BCUT2D eigenvalue weighted by Crippen LogP contribution is 2.32. The van der Waals surface area contributed by atoms with Crippen LogP contribution in [0.5, 0.6) is 0 Å². The predicted octanol–water partition coefficient (Wildman–Crippen LogP) is 1.37. The van der Waals surface area contributed by atoms with Crippen LogP contribution in [0.4, 0.5) is 0 Å². The molecular weight excluding hydrogens is 312 g/mol. The Morgan fingerprint density at radius 2 is 2.00 bits per heavy atom. The monoisotopic (exact) mass is 332 g/mol. The second-order valence-electron chi connectivity index (χ2n) is 5.05. The minimum Gasteiger partial charge on any atom is -0.348 e. The van der Waals surface area contributed by atoms with Crippen molar-refractivity contribution in [2.45, 2.75) is 30.7 Å². The van der Waals surface area contributed by atoms with Crippen LogP contribution in [0.15, 0.2) is 29.2 Å². The van der Waals surface area contributed by atoms with E-state index in [0.717, 1.165) is 12.8 Å². The van der Waals surface area contributed by atoms with Crippen LogP contribution in [0, 0.1) is 5.92 Å². The van der Waals surface area contributed by atoms with E-state index in [1.54, 1.807) is 25.1 Å². The Balaban J connectivity index is 0.00000220. The number of halogens is 1. The highest BCUT2D eigenvalue weighted by Gasteiger charge is 2.32. The summed E-state index contributed by atoms with van der Waals surface area (Å²) in [6.45, 7) is 1.94. The molecule has 1 atom stereocenters. The van der Waals surface area contributed by atoms with Gasteiger partial charge in [0, 0.05) is 12.6 Å². The molecule has 1 saturated carbocycles. The topological polar surface area (TPSA) is 89.3 Å². The molecule has 1 aromatic rings. The summed E-state index contributed by atoms with van der Waals surface area (Å²) >= 11 is 0. The molecule has 2 rings (SSSR count). The van der Waals surface area contributed by atoms with Gasteiger partial charge in [-0.3, -0.25) is 4.79 Å². The molecule has 0 aromatic heterocycles. The van der Waals surface area contributed by atoms with Gasteiger partial charge in [-0.1, -0.05) is 19.1 Å². The molecule has 1 aromatic carbocycles. The lowest BCUT2D eigenvalue weighted by Gasteiger charge is -2.17. The normalized spacial score (nSPS) is 15.9. The summed E-state index contributed by atoms with van der Waals surface area (Å²) in [4.78, 5) is 12.4. The molecule has 1 aliphatic carbocycles. The maximum atomic E-state index is 12.3. The molecule has 1 unspecified atom stereocenters. The molecule has 7 heteroatoms. The van der Waals surface area contributed by atoms with E-state index in [4.69, 9.17) is 5.73 Å². The standard InChI is InChI=1S/C14H20N2O3S.ClH/c1-2-20(18,19)13-6-4-3-5-11(13)14(17)16-12(9-15)10-7-8-10;/h3-6,10,12H,2,7-9,15H2,1H3,(H,16,17);1H. The molecule has 0 radical (unpaired) electrons. The van der Waals surface area contributed by atoms with E-state index in [0.29, 0.717) is 12.5 Å². The molecule has 3 N–H and O–H groups in total. The first-order valence-corrected chi connectivity index (χ1v) is 8.47. The Morgan fingerprint density at radius 1 is 1.38 bits per heavy atom. The molecule has 118 valence electrons. The van der Waals surface area contributed by atoms with Crippen molar-refractivity contribution in [1.29, 1.82) is 0 Å². The summed E-state index contributed by atoms with van der Waals surface area (Å²) in [5.74, 6) is 0.0409. The number of benzene rings is 1. The van der Waals surface area contributed by atoms with Gasteiger partial charge in [0.2, 0.25) is 0 Å². The van der Waals surface area contributed by atoms with Gasteiger partial charge in [0.05, 0.1) is 16.2 Å². The zero-order valence-corrected chi connectivity index (χ0v) is 13.5. The molecule has 21 heavy (non-hydrogen) atoms. The van der Waals surface area contributed by atoms with Crippen molar-refractivity contribution in [3.05, 3.63) is 29.8 Å². The van der Waals surface area contributed by atoms with Crippen molar-refractivity contribution >= 4 is 28.2 Å². The van der Waals surface area contributed by atoms with Crippen LogP contribution in [0.1, 0.15) is 30.1 Å². The SMILES string of the molecule is CCS(=O)(=O)c1ccccc1C(=O)NC(CN)C1CC1.Cl. The van der Waals surface area contributed by atoms with Gasteiger partial charge in [0.15, 0.2) is 9.84 Å². The minimum atomic E-state index is -3.41. The highest BCUT2D eigenvalue weighted by molar-refractivity contribution is 7.91. The van der Waals surface area contributed by atoms with E-state index >= 15 is 0 Å². The Morgan fingerprint density at radius 3 is 2.52 bits per heavy atom. The lowest BCUT2D eigenvalue weighted by Crippen LogP contribution is -2.42. The third kappa shape index (κ3) is 4.18. The lowest BCUT2D eigenvalue weighted by molar-refractivity contribution is 0.0930. The summed E-state index contributed by atoms with van der Waals surface area (Å²) in [7, 11) is -3.41. The fourth-order valence-electron chi connectivity index (χ4n) is 2.19. The predicted molar refractivity (Wildman–Crippen MR) is 84.4 cm³/mol. The van der Waals surface area contributed by atoms with Gasteiger partial charge in [-0.2, -0.15) is 0 Å². The zero-order chi connectivity index (χ0) is 14.8. The lowest BCUT2D eigenvalue weighted by atomic mass is 10.1. The number of amides is 1. The summed E-state index contributed by atoms with van der Waals surface area (Å²) in [5.41, 5.74) is 5.86. The quantitative estimate of drug-likeness (QED) is 0.823. The minimum absolute atomic E-state index is 0. The fourth-order valence-corrected chi connectivity index (χ4v) is 3.29. The average molecular weight is 333 g/mol. The van der Waals surface area contributed by atoms with Crippen LogP contribution in [-0.2, 0) is 9.84 Å². The van der Waals surface area contributed by atoms with Crippen molar-refractivity contribution in [2.24, 2.45) is 11.7 Å². The molecule has 0 heterocycles. The van der Waals surface area contributed by atoms with Crippen molar-refractivity contribution in [1.82, 2.24) is 5.32 Å². The van der Waals surface area contributed by atoms with E-state index in [2.05, 4.69) is 5.32 Å². The number of carbonyl (C=O) groups excluding carboxylic acids is 1. The van der Waals surface area contributed by atoms with Crippen LogP contribution in [0.3, 0.4) is 0 Å². The number of nitrogens with one attached hydrogen (secondary N) is 1. The zero-order valence-electron chi connectivity index (χ0n) is 11.9. The van der Waals surface area contributed by atoms with Gasteiger partial charge in [0.1, 0.15) is 0 Å². The molecule has 0 bridgehead atoms. The number of nitrogens with two attached hydrogens (primary N) is 1. The van der Waals surface area contributed by atoms with Gasteiger partial charge in [-0.15, -0.1) is 12.4 Å². The number of rotatable bonds is 6. The Labute approximate surface area is 131 Å². The Bertz CT molecular complexity index is 600.